The Morgan fingerprint density at radius 1 is 1.03 bits per heavy atom. The highest BCUT2D eigenvalue weighted by atomic mass is 35.5. The van der Waals surface area contributed by atoms with Gasteiger partial charge in [0, 0.05) is 16.7 Å². The van der Waals surface area contributed by atoms with E-state index in [9.17, 15) is 9.59 Å². The average molecular weight is 548 g/mol. The molecule has 0 unspecified atom stereocenters. The number of rotatable bonds is 8. The van der Waals surface area contributed by atoms with E-state index in [0.29, 0.717) is 44.0 Å². The van der Waals surface area contributed by atoms with E-state index in [2.05, 4.69) is 14.8 Å². The zero-order chi connectivity index (χ0) is 27.5. The van der Waals surface area contributed by atoms with E-state index in [4.69, 9.17) is 30.2 Å². The first kappa shape index (κ1) is 25.8. The topological polar surface area (TPSA) is 114 Å². The zero-order valence-corrected chi connectivity index (χ0v) is 21.9. The summed E-state index contributed by atoms with van der Waals surface area (Å²) in [7, 11) is 4.25. The van der Waals surface area contributed by atoms with Crippen LogP contribution < -0.4 is 19.8 Å². The van der Waals surface area contributed by atoms with Crippen molar-refractivity contribution < 1.29 is 28.2 Å². The average Bonchev–Trinajstić information content (AvgIpc) is 3.40. The Hall–Kier alpha value is -4.83. The Bertz CT molecular complexity index is 1790. The van der Waals surface area contributed by atoms with Crippen LogP contribution in [0.3, 0.4) is 0 Å². The van der Waals surface area contributed by atoms with Crippen molar-refractivity contribution in [3.05, 3.63) is 81.6 Å². The summed E-state index contributed by atoms with van der Waals surface area (Å²) < 4.78 is 28.3. The summed E-state index contributed by atoms with van der Waals surface area (Å²) in [6, 6.07) is 17.2. The summed E-state index contributed by atoms with van der Waals surface area (Å²) in [5.41, 5.74) is 0.953. The third-order valence-corrected chi connectivity index (χ3v) is 6.08. The van der Waals surface area contributed by atoms with Crippen LogP contribution in [0, 0.1) is 0 Å². The van der Waals surface area contributed by atoms with E-state index in [1.807, 2.05) is 6.07 Å². The summed E-state index contributed by atoms with van der Waals surface area (Å²) >= 11 is 6.29. The molecule has 5 rings (SSSR count). The number of halogens is 1. The number of hydrogen-bond donors (Lipinski definition) is 0. The normalized spacial score (nSPS) is 11.3. The lowest BCUT2D eigenvalue weighted by Gasteiger charge is -2.13. The van der Waals surface area contributed by atoms with Gasteiger partial charge in [0.1, 0.15) is 11.3 Å². The zero-order valence-electron chi connectivity index (χ0n) is 21.1. The number of hydrogen-bond acceptors (Lipinski definition) is 9. The quantitative estimate of drug-likeness (QED) is 0.199. The third-order valence-electron chi connectivity index (χ3n) is 5.86. The van der Waals surface area contributed by atoms with Crippen LogP contribution in [0.25, 0.3) is 33.5 Å². The van der Waals surface area contributed by atoms with Crippen molar-refractivity contribution in [1.82, 2.24) is 9.66 Å². The number of fused-ring (bicyclic) bond motifs is 2. The molecule has 198 valence electrons. The van der Waals surface area contributed by atoms with Gasteiger partial charge >= 0.3 is 5.97 Å². The lowest BCUT2D eigenvalue weighted by molar-refractivity contribution is -0.142. The van der Waals surface area contributed by atoms with Gasteiger partial charge in [0.05, 0.1) is 43.8 Å². The molecule has 39 heavy (non-hydrogen) atoms. The number of esters is 1. The number of carbonyl (C=O) groups is 1. The number of benzene rings is 3. The van der Waals surface area contributed by atoms with Crippen LogP contribution in [-0.4, -0.2) is 49.8 Å². The van der Waals surface area contributed by atoms with Crippen LogP contribution in [0.15, 0.2) is 75.0 Å². The van der Waals surface area contributed by atoms with E-state index in [1.54, 1.807) is 55.6 Å². The van der Waals surface area contributed by atoms with Gasteiger partial charge in [-0.15, -0.1) is 0 Å². The maximum Gasteiger partial charge on any atom is 0.343 e. The predicted molar refractivity (Wildman–Crippen MR) is 146 cm³/mol. The summed E-state index contributed by atoms with van der Waals surface area (Å²) in [5, 5.41) is 5.85. The number of nitrogens with zero attached hydrogens (tertiary/aromatic N) is 3. The third kappa shape index (κ3) is 5.01. The molecule has 2 aromatic heterocycles. The summed E-state index contributed by atoms with van der Waals surface area (Å²) in [5.74, 6) is 0.945. The summed E-state index contributed by atoms with van der Waals surface area (Å²) in [6.07, 6.45) is 1.37. The molecular weight excluding hydrogens is 526 g/mol. The first-order valence-electron chi connectivity index (χ1n) is 11.6. The van der Waals surface area contributed by atoms with E-state index >= 15 is 0 Å². The van der Waals surface area contributed by atoms with Crippen molar-refractivity contribution in [2.24, 2.45) is 5.10 Å². The molecule has 0 atom stereocenters. The largest absolute Gasteiger partial charge is 0.496 e. The molecule has 10 nitrogen and oxygen atoms in total. The highest BCUT2D eigenvalue weighted by molar-refractivity contribution is 6.31. The van der Waals surface area contributed by atoms with Gasteiger partial charge in [0.15, 0.2) is 23.9 Å². The van der Waals surface area contributed by atoms with E-state index < -0.39 is 11.5 Å². The maximum atomic E-state index is 13.6. The molecule has 0 saturated heterocycles. The minimum atomic E-state index is -0.590. The number of ether oxygens (including phenoxy) is 4. The Morgan fingerprint density at radius 3 is 2.59 bits per heavy atom. The molecule has 0 N–H and O–H groups in total. The molecule has 0 fully saturated rings. The van der Waals surface area contributed by atoms with Crippen LogP contribution in [-0.2, 0) is 9.53 Å². The molecule has 0 aliphatic heterocycles. The van der Waals surface area contributed by atoms with Gasteiger partial charge in [0.25, 0.3) is 5.56 Å². The van der Waals surface area contributed by atoms with E-state index in [1.165, 1.54) is 26.5 Å². The molecule has 0 aliphatic rings. The van der Waals surface area contributed by atoms with E-state index in [-0.39, 0.29) is 23.9 Å². The lowest BCUT2D eigenvalue weighted by Crippen LogP contribution is -2.20. The van der Waals surface area contributed by atoms with Crippen molar-refractivity contribution >= 4 is 45.7 Å². The second-order valence-corrected chi connectivity index (χ2v) is 8.62. The van der Waals surface area contributed by atoms with Crippen LogP contribution in [0.4, 0.5) is 0 Å². The molecular formula is C28H22ClN3O7. The number of para-hydroxylation sites is 1. The van der Waals surface area contributed by atoms with Crippen LogP contribution in [0.1, 0.15) is 5.56 Å². The molecule has 0 saturated carbocycles. The van der Waals surface area contributed by atoms with Crippen LogP contribution >= 0.6 is 11.6 Å². The highest BCUT2D eigenvalue weighted by Crippen LogP contribution is 2.35. The fraction of sp³-hybridized carbons (Fsp3) is 0.143. The smallest absolute Gasteiger partial charge is 0.343 e. The Balaban J connectivity index is 1.69. The van der Waals surface area contributed by atoms with Gasteiger partial charge in [-0.05, 0) is 36.4 Å². The van der Waals surface area contributed by atoms with Crippen LogP contribution in [0.2, 0.25) is 5.02 Å². The molecule has 0 radical (unpaired) electrons. The first-order chi connectivity index (χ1) is 18.9. The number of aromatic nitrogens is 2. The van der Waals surface area contributed by atoms with Gasteiger partial charge < -0.3 is 23.4 Å². The fourth-order valence-corrected chi connectivity index (χ4v) is 4.23. The van der Waals surface area contributed by atoms with Crippen molar-refractivity contribution in [2.75, 3.05) is 27.9 Å². The van der Waals surface area contributed by atoms with Gasteiger partial charge in [-0.3, -0.25) is 4.79 Å². The second-order valence-electron chi connectivity index (χ2n) is 8.19. The van der Waals surface area contributed by atoms with Crippen molar-refractivity contribution in [1.29, 1.82) is 0 Å². The standard InChI is InChI=1S/C28H22ClN3O7/c1-35-21-9-6-10-22-19(21)13-24(39-22)27-31-20-8-5-4-7-18(20)28(34)32(27)30-14-16-11-17(29)12-23(36-2)26(16)38-15-25(33)37-3/h4-14H,15H2,1-3H3. The number of carbonyl (C=O) groups excluding carboxylic acids is 1. The number of methoxy groups -OCH3 is 3. The molecule has 0 spiro atoms. The van der Waals surface area contributed by atoms with Gasteiger partial charge in [-0.25, -0.2) is 9.78 Å². The van der Waals surface area contributed by atoms with Crippen LogP contribution in [0.5, 0.6) is 17.2 Å². The first-order valence-corrected chi connectivity index (χ1v) is 12.0. The molecule has 11 heteroatoms. The minimum Gasteiger partial charge on any atom is -0.496 e. The Labute approximate surface area is 226 Å². The maximum absolute atomic E-state index is 13.6. The SMILES string of the molecule is COC(=O)COc1c(C=Nn2c(-c3cc4c(OC)cccc4o3)nc3ccccc3c2=O)cc(Cl)cc1OC. The highest BCUT2D eigenvalue weighted by Gasteiger charge is 2.19. The minimum absolute atomic E-state index is 0.166. The monoisotopic (exact) mass is 547 g/mol. The Kier molecular flexibility index (Phi) is 7.20. The molecule has 5 aromatic rings. The van der Waals surface area contributed by atoms with Gasteiger partial charge in [-0.1, -0.05) is 29.8 Å². The summed E-state index contributed by atoms with van der Waals surface area (Å²) in [4.78, 5) is 30.0. The predicted octanol–water partition coefficient (Wildman–Crippen LogP) is 4.91. The molecule has 2 heterocycles. The molecule has 0 amide bonds. The van der Waals surface area contributed by atoms with Crippen molar-refractivity contribution in [3.8, 4) is 28.8 Å². The van der Waals surface area contributed by atoms with Gasteiger partial charge in [0.2, 0.25) is 5.82 Å². The molecule has 3 aromatic carbocycles. The second kappa shape index (κ2) is 10.9. The van der Waals surface area contributed by atoms with Gasteiger partial charge in [-0.2, -0.15) is 9.78 Å². The molecule has 0 bridgehead atoms. The van der Waals surface area contributed by atoms with E-state index in [0.717, 1.165) is 4.68 Å². The number of furan rings is 1. The fourth-order valence-electron chi connectivity index (χ4n) is 4.01. The lowest BCUT2D eigenvalue weighted by atomic mass is 10.2. The Morgan fingerprint density at radius 2 is 1.82 bits per heavy atom. The van der Waals surface area contributed by atoms with Crippen molar-refractivity contribution in [2.45, 2.75) is 0 Å². The molecule has 0 aliphatic carbocycles. The van der Waals surface area contributed by atoms with Crippen molar-refractivity contribution in [3.63, 3.8) is 0 Å². The summed E-state index contributed by atoms with van der Waals surface area (Å²) in [6.45, 7) is -0.376.